The minimum absolute atomic E-state index is 0.158. The number of carbonyl (C=O) groups excluding carboxylic acids is 1. The number of rotatable bonds is 2. The van der Waals surface area contributed by atoms with Gasteiger partial charge in [-0.15, -0.1) is 12.3 Å². The molecular weight excluding hydrogens is 168 g/mol. The lowest BCUT2D eigenvalue weighted by Gasteiger charge is -2.18. The van der Waals surface area contributed by atoms with E-state index in [0.717, 1.165) is 0 Å². The van der Waals surface area contributed by atoms with E-state index in [-0.39, 0.29) is 12.3 Å². The Labute approximate surface area is 77.7 Å². The summed E-state index contributed by atoms with van der Waals surface area (Å²) in [6, 6.07) is -0.615. The molecular formula is C9H14N2O2. The molecule has 0 radical (unpaired) electrons. The third-order valence-electron chi connectivity index (χ3n) is 2.13. The van der Waals surface area contributed by atoms with E-state index in [0.29, 0.717) is 19.5 Å². The lowest BCUT2D eigenvalue weighted by atomic mass is 10.2. The number of terminal acetylenes is 1. The SMILES string of the molecule is C#CCC(N)C(=O)N1CC[C@@H](O)C1. The van der Waals surface area contributed by atoms with Gasteiger partial charge in [0, 0.05) is 19.5 Å². The largest absolute Gasteiger partial charge is 0.391 e. The second-order valence-electron chi connectivity index (χ2n) is 3.24. The maximum atomic E-state index is 11.5. The first-order valence-electron chi connectivity index (χ1n) is 4.31. The van der Waals surface area contributed by atoms with Crippen LogP contribution in [0.1, 0.15) is 12.8 Å². The Hall–Kier alpha value is -1.05. The summed E-state index contributed by atoms with van der Waals surface area (Å²) in [5.41, 5.74) is 5.54. The molecule has 0 aliphatic carbocycles. The van der Waals surface area contributed by atoms with Gasteiger partial charge in [0.15, 0.2) is 0 Å². The molecule has 0 saturated carbocycles. The zero-order chi connectivity index (χ0) is 9.84. The van der Waals surface area contributed by atoms with Gasteiger partial charge in [-0.25, -0.2) is 0 Å². The number of nitrogens with zero attached hydrogens (tertiary/aromatic N) is 1. The first kappa shape index (κ1) is 10.0. The molecule has 72 valence electrons. The summed E-state index contributed by atoms with van der Waals surface area (Å²) in [6.45, 7) is 0.968. The molecule has 13 heavy (non-hydrogen) atoms. The standard InChI is InChI=1S/C9H14N2O2/c1-2-3-8(10)9(13)11-5-4-7(12)6-11/h1,7-8,12H,3-6,10H2/t7-,8?/m1/s1. The molecule has 4 heteroatoms. The molecule has 1 heterocycles. The number of hydrogen-bond acceptors (Lipinski definition) is 3. The second kappa shape index (κ2) is 4.26. The summed E-state index contributed by atoms with van der Waals surface area (Å²) in [7, 11) is 0. The van der Waals surface area contributed by atoms with Crippen molar-refractivity contribution >= 4 is 5.91 Å². The number of hydrogen-bond donors (Lipinski definition) is 2. The van der Waals surface area contributed by atoms with Gasteiger partial charge in [-0.2, -0.15) is 0 Å². The third kappa shape index (κ3) is 2.44. The van der Waals surface area contributed by atoms with Gasteiger partial charge in [0.1, 0.15) is 0 Å². The van der Waals surface area contributed by atoms with Crippen molar-refractivity contribution in [1.82, 2.24) is 4.90 Å². The summed E-state index contributed by atoms with van der Waals surface area (Å²) in [5.74, 6) is 2.19. The predicted molar refractivity (Wildman–Crippen MR) is 48.6 cm³/mol. The Bertz CT molecular complexity index is 234. The highest BCUT2D eigenvalue weighted by molar-refractivity contribution is 5.82. The highest BCUT2D eigenvalue weighted by Gasteiger charge is 2.27. The first-order chi connectivity index (χ1) is 6.15. The summed E-state index contributed by atoms with van der Waals surface area (Å²) in [5, 5.41) is 9.19. The fourth-order valence-electron chi connectivity index (χ4n) is 1.39. The molecule has 1 unspecified atom stereocenters. The fourth-order valence-corrected chi connectivity index (χ4v) is 1.39. The molecule has 4 nitrogen and oxygen atoms in total. The highest BCUT2D eigenvalue weighted by Crippen LogP contribution is 2.10. The molecule has 1 amide bonds. The molecule has 0 aromatic heterocycles. The molecule has 0 aromatic rings. The van der Waals surface area contributed by atoms with E-state index in [1.165, 1.54) is 0 Å². The minimum Gasteiger partial charge on any atom is -0.391 e. The van der Waals surface area contributed by atoms with Crippen molar-refractivity contribution in [3.05, 3.63) is 0 Å². The lowest BCUT2D eigenvalue weighted by molar-refractivity contribution is -0.131. The average Bonchev–Trinajstić information content (AvgIpc) is 2.51. The monoisotopic (exact) mass is 182 g/mol. The van der Waals surface area contributed by atoms with Gasteiger partial charge in [0.2, 0.25) is 5.91 Å². The minimum atomic E-state index is -0.615. The molecule has 1 aliphatic heterocycles. The quantitative estimate of drug-likeness (QED) is 0.534. The van der Waals surface area contributed by atoms with Gasteiger partial charge in [-0.05, 0) is 6.42 Å². The first-order valence-corrected chi connectivity index (χ1v) is 4.31. The molecule has 0 aromatic carbocycles. The number of nitrogens with two attached hydrogens (primary N) is 1. The van der Waals surface area contributed by atoms with E-state index in [2.05, 4.69) is 5.92 Å². The second-order valence-corrected chi connectivity index (χ2v) is 3.24. The lowest BCUT2D eigenvalue weighted by Crippen LogP contribution is -2.42. The molecule has 2 atom stereocenters. The molecule has 0 bridgehead atoms. The number of amides is 1. The van der Waals surface area contributed by atoms with Gasteiger partial charge in [-0.1, -0.05) is 0 Å². The summed E-state index contributed by atoms with van der Waals surface area (Å²) in [6.07, 6.45) is 5.53. The van der Waals surface area contributed by atoms with Gasteiger partial charge >= 0.3 is 0 Å². The van der Waals surface area contributed by atoms with Crippen LogP contribution in [-0.2, 0) is 4.79 Å². The zero-order valence-corrected chi connectivity index (χ0v) is 7.44. The van der Waals surface area contributed by atoms with Crippen LogP contribution in [0.25, 0.3) is 0 Å². The predicted octanol–water partition coefficient (Wildman–Crippen LogP) is -1.07. The maximum Gasteiger partial charge on any atom is 0.240 e. The van der Waals surface area contributed by atoms with Crippen LogP contribution in [0, 0.1) is 12.3 Å². The van der Waals surface area contributed by atoms with Crippen LogP contribution >= 0.6 is 0 Å². The van der Waals surface area contributed by atoms with Crippen LogP contribution in [0.4, 0.5) is 0 Å². The van der Waals surface area contributed by atoms with Crippen LogP contribution in [0.5, 0.6) is 0 Å². The molecule has 1 rings (SSSR count). The summed E-state index contributed by atoms with van der Waals surface area (Å²) < 4.78 is 0. The number of aliphatic hydroxyl groups excluding tert-OH is 1. The van der Waals surface area contributed by atoms with Crippen molar-refractivity contribution in [3.63, 3.8) is 0 Å². The van der Waals surface area contributed by atoms with Crippen molar-refractivity contribution in [2.75, 3.05) is 13.1 Å². The number of β-amino-alcohol motifs (C(OH)–C–C–N with tert-alkyl or cyclic N) is 1. The van der Waals surface area contributed by atoms with Crippen LogP contribution in [-0.4, -0.2) is 41.1 Å². The third-order valence-corrected chi connectivity index (χ3v) is 2.13. The Balaban J connectivity index is 2.44. The van der Waals surface area contributed by atoms with E-state index in [1.54, 1.807) is 4.90 Å². The summed E-state index contributed by atoms with van der Waals surface area (Å²) in [4.78, 5) is 13.0. The fraction of sp³-hybridized carbons (Fsp3) is 0.667. The van der Waals surface area contributed by atoms with Crippen LogP contribution in [0.2, 0.25) is 0 Å². The van der Waals surface area contributed by atoms with Gasteiger partial charge in [0.05, 0.1) is 12.1 Å². The smallest absolute Gasteiger partial charge is 0.240 e. The molecule has 1 fully saturated rings. The number of carbonyl (C=O) groups is 1. The Kier molecular flexibility index (Phi) is 3.29. The van der Waals surface area contributed by atoms with E-state index < -0.39 is 12.1 Å². The maximum absolute atomic E-state index is 11.5. The highest BCUT2D eigenvalue weighted by atomic mass is 16.3. The van der Waals surface area contributed by atoms with Gasteiger partial charge in [-0.3, -0.25) is 4.79 Å². The Morgan fingerprint density at radius 1 is 1.85 bits per heavy atom. The summed E-state index contributed by atoms with van der Waals surface area (Å²) >= 11 is 0. The Morgan fingerprint density at radius 2 is 2.54 bits per heavy atom. The van der Waals surface area contributed by atoms with Gasteiger partial charge < -0.3 is 15.7 Å². The van der Waals surface area contributed by atoms with Crippen molar-refractivity contribution in [1.29, 1.82) is 0 Å². The molecule has 1 aliphatic rings. The topological polar surface area (TPSA) is 66.6 Å². The van der Waals surface area contributed by atoms with E-state index in [4.69, 9.17) is 12.2 Å². The van der Waals surface area contributed by atoms with Crippen LogP contribution < -0.4 is 5.73 Å². The number of likely N-dealkylation sites (tertiary alicyclic amines) is 1. The molecule has 3 N–H and O–H groups in total. The van der Waals surface area contributed by atoms with E-state index in [1.807, 2.05) is 0 Å². The zero-order valence-electron chi connectivity index (χ0n) is 7.44. The number of aliphatic hydroxyl groups is 1. The van der Waals surface area contributed by atoms with Crippen molar-refractivity contribution in [2.45, 2.75) is 25.0 Å². The van der Waals surface area contributed by atoms with Crippen LogP contribution in [0.3, 0.4) is 0 Å². The Morgan fingerprint density at radius 3 is 3.00 bits per heavy atom. The average molecular weight is 182 g/mol. The van der Waals surface area contributed by atoms with Crippen molar-refractivity contribution in [2.24, 2.45) is 5.73 Å². The van der Waals surface area contributed by atoms with E-state index in [9.17, 15) is 9.90 Å². The van der Waals surface area contributed by atoms with Crippen molar-refractivity contribution in [3.8, 4) is 12.3 Å². The van der Waals surface area contributed by atoms with E-state index >= 15 is 0 Å². The van der Waals surface area contributed by atoms with Crippen LogP contribution in [0.15, 0.2) is 0 Å². The molecule has 1 saturated heterocycles. The van der Waals surface area contributed by atoms with Gasteiger partial charge in [0.25, 0.3) is 0 Å². The normalized spacial score (nSPS) is 24.1. The molecule has 0 spiro atoms. The van der Waals surface area contributed by atoms with Crippen molar-refractivity contribution < 1.29 is 9.90 Å².